The Balaban J connectivity index is 2.17. The van der Waals surface area contributed by atoms with Crippen molar-refractivity contribution in [2.45, 2.75) is 6.92 Å². The molecule has 1 aromatic carbocycles. The Bertz CT molecular complexity index is 548. The SMILES string of the molecule is Cc1csc(C(=O)Nc2ccc(Cl)cc2)c1N. The van der Waals surface area contributed by atoms with E-state index in [1.165, 1.54) is 11.3 Å². The van der Waals surface area contributed by atoms with Gasteiger partial charge in [-0.25, -0.2) is 0 Å². The molecule has 0 saturated carbocycles. The molecular formula is C12H11ClN2OS. The maximum atomic E-state index is 11.9. The summed E-state index contributed by atoms with van der Waals surface area (Å²) in [6, 6.07) is 6.94. The second-order valence-corrected chi connectivity index (χ2v) is 4.94. The minimum atomic E-state index is -0.192. The van der Waals surface area contributed by atoms with Gasteiger partial charge in [-0.3, -0.25) is 4.79 Å². The van der Waals surface area contributed by atoms with Gasteiger partial charge in [0.15, 0.2) is 0 Å². The molecule has 0 aliphatic carbocycles. The number of benzene rings is 1. The summed E-state index contributed by atoms with van der Waals surface area (Å²) < 4.78 is 0. The fourth-order valence-corrected chi connectivity index (χ4v) is 2.34. The van der Waals surface area contributed by atoms with Crippen LogP contribution in [0.25, 0.3) is 0 Å². The first kappa shape index (κ1) is 12.0. The van der Waals surface area contributed by atoms with Crippen molar-refractivity contribution in [2.24, 2.45) is 0 Å². The molecule has 88 valence electrons. The Morgan fingerprint density at radius 1 is 1.35 bits per heavy atom. The monoisotopic (exact) mass is 266 g/mol. The van der Waals surface area contributed by atoms with Crippen molar-refractivity contribution in [3.63, 3.8) is 0 Å². The molecule has 2 aromatic rings. The molecule has 0 saturated heterocycles. The largest absolute Gasteiger partial charge is 0.397 e. The van der Waals surface area contributed by atoms with E-state index in [9.17, 15) is 4.79 Å². The summed E-state index contributed by atoms with van der Waals surface area (Å²) in [4.78, 5) is 12.5. The highest BCUT2D eigenvalue weighted by molar-refractivity contribution is 7.13. The molecule has 0 aliphatic heterocycles. The van der Waals surface area contributed by atoms with Crippen molar-refractivity contribution >= 4 is 40.2 Å². The summed E-state index contributed by atoms with van der Waals surface area (Å²) >= 11 is 7.11. The first-order chi connectivity index (χ1) is 8.08. The molecule has 17 heavy (non-hydrogen) atoms. The average molecular weight is 267 g/mol. The lowest BCUT2D eigenvalue weighted by Crippen LogP contribution is -2.12. The van der Waals surface area contributed by atoms with E-state index >= 15 is 0 Å². The van der Waals surface area contributed by atoms with Gasteiger partial charge in [0.25, 0.3) is 5.91 Å². The Kier molecular flexibility index (Phi) is 3.36. The zero-order valence-electron chi connectivity index (χ0n) is 9.16. The molecule has 1 heterocycles. The number of hydrogen-bond donors (Lipinski definition) is 2. The summed E-state index contributed by atoms with van der Waals surface area (Å²) in [7, 11) is 0. The van der Waals surface area contributed by atoms with E-state index in [2.05, 4.69) is 5.32 Å². The number of nitrogen functional groups attached to an aromatic ring is 1. The van der Waals surface area contributed by atoms with Crippen LogP contribution in [0.5, 0.6) is 0 Å². The lowest BCUT2D eigenvalue weighted by Gasteiger charge is -2.04. The van der Waals surface area contributed by atoms with Crippen LogP contribution in [0.2, 0.25) is 5.02 Å². The number of thiophene rings is 1. The highest BCUT2D eigenvalue weighted by Gasteiger charge is 2.13. The molecule has 0 atom stereocenters. The van der Waals surface area contributed by atoms with E-state index in [-0.39, 0.29) is 5.91 Å². The van der Waals surface area contributed by atoms with Crippen molar-refractivity contribution in [2.75, 3.05) is 11.1 Å². The number of anilines is 2. The van der Waals surface area contributed by atoms with Crippen LogP contribution in [-0.2, 0) is 0 Å². The van der Waals surface area contributed by atoms with Gasteiger partial charge in [0.05, 0.1) is 5.69 Å². The second-order valence-electron chi connectivity index (χ2n) is 3.62. The Morgan fingerprint density at radius 2 is 2.00 bits per heavy atom. The number of nitrogens with two attached hydrogens (primary N) is 1. The molecule has 5 heteroatoms. The van der Waals surface area contributed by atoms with Crippen molar-refractivity contribution in [1.29, 1.82) is 0 Å². The predicted molar refractivity (Wildman–Crippen MR) is 72.9 cm³/mol. The summed E-state index contributed by atoms with van der Waals surface area (Å²) in [5.74, 6) is -0.192. The first-order valence-corrected chi connectivity index (χ1v) is 6.24. The van der Waals surface area contributed by atoms with Gasteiger partial charge in [-0.1, -0.05) is 11.6 Å². The number of rotatable bonds is 2. The van der Waals surface area contributed by atoms with Crippen LogP contribution in [0.15, 0.2) is 29.6 Å². The minimum Gasteiger partial charge on any atom is -0.397 e. The van der Waals surface area contributed by atoms with E-state index in [1.54, 1.807) is 24.3 Å². The smallest absolute Gasteiger partial charge is 0.267 e. The molecule has 0 unspecified atom stereocenters. The lowest BCUT2D eigenvalue weighted by molar-refractivity contribution is 0.103. The van der Waals surface area contributed by atoms with E-state index < -0.39 is 0 Å². The summed E-state index contributed by atoms with van der Waals surface area (Å²) in [5, 5.41) is 5.27. The lowest BCUT2D eigenvalue weighted by atomic mass is 10.2. The van der Waals surface area contributed by atoms with Gasteiger partial charge in [0.1, 0.15) is 4.88 Å². The molecule has 1 amide bonds. The molecule has 0 radical (unpaired) electrons. The molecule has 0 spiro atoms. The fraction of sp³-hybridized carbons (Fsp3) is 0.0833. The fourth-order valence-electron chi connectivity index (χ4n) is 1.35. The number of nitrogens with one attached hydrogen (secondary N) is 1. The Labute approximate surface area is 108 Å². The number of hydrogen-bond acceptors (Lipinski definition) is 3. The highest BCUT2D eigenvalue weighted by atomic mass is 35.5. The van der Waals surface area contributed by atoms with Gasteiger partial charge in [-0.15, -0.1) is 11.3 Å². The molecule has 1 aromatic heterocycles. The quantitative estimate of drug-likeness (QED) is 0.873. The molecule has 3 nitrogen and oxygen atoms in total. The second kappa shape index (κ2) is 4.77. The molecule has 0 fully saturated rings. The van der Waals surface area contributed by atoms with Gasteiger partial charge in [-0.05, 0) is 42.1 Å². The molecule has 3 N–H and O–H groups in total. The third-order valence-corrected chi connectivity index (χ3v) is 3.70. The van der Waals surface area contributed by atoms with Gasteiger partial charge < -0.3 is 11.1 Å². The van der Waals surface area contributed by atoms with Crippen LogP contribution in [0.4, 0.5) is 11.4 Å². The van der Waals surface area contributed by atoms with Gasteiger partial charge in [-0.2, -0.15) is 0 Å². The van der Waals surface area contributed by atoms with Crippen molar-refractivity contribution in [3.05, 3.63) is 45.1 Å². The maximum absolute atomic E-state index is 11.9. The van der Waals surface area contributed by atoms with E-state index in [0.29, 0.717) is 21.3 Å². The van der Waals surface area contributed by atoms with E-state index in [0.717, 1.165) is 5.56 Å². The minimum absolute atomic E-state index is 0.192. The van der Waals surface area contributed by atoms with Gasteiger partial charge in [0.2, 0.25) is 0 Å². The topological polar surface area (TPSA) is 55.1 Å². The number of halogens is 1. The molecule has 2 rings (SSSR count). The molecular weight excluding hydrogens is 256 g/mol. The van der Waals surface area contributed by atoms with Crippen LogP contribution in [0.1, 0.15) is 15.2 Å². The van der Waals surface area contributed by atoms with Crippen LogP contribution < -0.4 is 11.1 Å². The predicted octanol–water partition coefficient (Wildman–Crippen LogP) is 3.54. The van der Waals surface area contributed by atoms with E-state index in [1.807, 2.05) is 12.3 Å². The summed E-state index contributed by atoms with van der Waals surface area (Å²) in [6.07, 6.45) is 0. The van der Waals surface area contributed by atoms with Crippen molar-refractivity contribution in [3.8, 4) is 0 Å². The van der Waals surface area contributed by atoms with Crippen molar-refractivity contribution < 1.29 is 4.79 Å². The normalized spacial score (nSPS) is 10.2. The third-order valence-electron chi connectivity index (χ3n) is 2.33. The summed E-state index contributed by atoms with van der Waals surface area (Å²) in [6.45, 7) is 1.88. The number of aryl methyl sites for hydroxylation is 1. The Hall–Kier alpha value is -1.52. The first-order valence-electron chi connectivity index (χ1n) is 4.98. The average Bonchev–Trinajstić information content (AvgIpc) is 2.63. The number of amides is 1. The highest BCUT2D eigenvalue weighted by Crippen LogP contribution is 2.25. The molecule has 0 bridgehead atoms. The van der Waals surface area contributed by atoms with Crippen LogP contribution >= 0.6 is 22.9 Å². The van der Waals surface area contributed by atoms with Gasteiger partial charge >= 0.3 is 0 Å². The van der Waals surface area contributed by atoms with Crippen LogP contribution in [0.3, 0.4) is 0 Å². The Morgan fingerprint density at radius 3 is 2.53 bits per heavy atom. The summed E-state index contributed by atoms with van der Waals surface area (Å²) in [5.41, 5.74) is 7.98. The number of carbonyl (C=O) groups is 1. The third kappa shape index (κ3) is 2.60. The zero-order chi connectivity index (χ0) is 12.4. The van der Waals surface area contributed by atoms with E-state index in [4.69, 9.17) is 17.3 Å². The zero-order valence-corrected chi connectivity index (χ0v) is 10.7. The standard InChI is InChI=1S/C12H11ClN2OS/c1-7-6-17-11(10(7)14)12(16)15-9-4-2-8(13)3-5-9/h2-6H,14H2,1H3,(H,15,16). The number of carbonyl (C=O) groups excluding carboxylic acids is 1. The van der Waals surface area contributed by atoms with Crippen LogP contribution in [0, 0.1) is 6.92 Å². The van der Waals surface area contributed by atoms with Gasteiger partial charge in [0, 0.05) is 10.7 Å². The van der Waals surface area contributed by atoms with Crippen LogP contribution in [-0.4, -0.2) is 5.91 Å². The maximum Gasteiger partial charge on any atom is 0.267 e. The molecule has 0 aliphatic rings. The van der Waals surface area contributed by atoms with Crippen molar-refractivity contribution in [1.82, 2.24) is 0 Å².